The van der Waals surface area contributed by atoms with Crippen LogP contribution < -0.4 is 0 Å². The minimum Gasteiger partial charge on any atom is -0.481 e. The van der Waals surface area contributed by atoms with Gasteiger partial charge in [0.2, 0.25) is 6.04 Å². The lowest BCUT2D eigenvalue weighted by Gasteiger charge is -2.08. The van der Waals surface area contributed by atoms with E-state index >= 15 is 0 Å². The number of hydrogen-bond acceptors (Lipinski definition) is 4. The summed E-state index contributed by atoms with van der Waals surface area (Å²) in [6, 6.07) is -0.714. The van der Waals surface area contributed by atoms with Gasteiger partial charge in [-0.3, -0.25) is 19.7 Å². The Hall–Kier alpha value is -1.66. The Morgan fingerprint density at radius 3 is 1.94 bits per heavy atom. The number of hydrogen-bond donors (Lipinski definition) is 2. The van der Waals surface area contributed by atoms with Crippen LogP contribution >= 0.6 is 0 Å². The molecule has 0 aliphatic rings. The summed E-state index contributed by atoms with van der Waals surface area (Å²) in [6.45, 7) is 0. The van der Waals surface area contributed by atoms with E-state index in [1.54, 1.807) is 0 Å². The van der Waals surface area contributed by atoms with Gasteiger partial charge in [0.25, 0.3) is 0 Å². The molecule has 2 N–H and O–H groups in total. The molecule has 0 rings (SSSR count). The third-order valence-corrected chi connectivity index (χ3v) is 2.65. The largest absolute Gasteiger partial charge is 0.481 e. The quantitative estimate of drug-likeness (QED) is 0.333. The third kappa shape index (κ3) is 9.56. The lowest BCUT2D eigenvalue weighted by atomic mass is 10.0. The molecule has 0 amide bonds. The highest BCUT2D eigenvalue weighted by molar-refractivity contribution is 5.66. The van der Waals surface area contributed by atoms with E-state index in [0.717, 1.165) is 0 Å². The molecular formula is C11H19NO6. The van der Waals surface area contributed by atoms with Gasteiger partial charge in [-0.1, -0.05) is 6.42 Å². The Morgan fingerprint density at radius 1 is 0.944 bits per heavy atom. The van der Waals surface area contributed by atoms with Crippen molar-refractivity contribution >= 4 is 11.9 Å². The first kappa shape index (κ1) is 16.3. The molecular weight excluding hydrogens is 242 g/mol. The lowest BCUT2D eigenvalue weighted by molar-refractivity contribution is -0.524. The van der Waals surface area contributed by atoms with Crippen LogP contribution in [0.15, 0.2) is 0 Å². The van der Waals surface area contributed by atoms with Gasteiger partial charge < -0.3 is 10.2 Å². The summed E-state index contributed by atoms with van der Waals surface area (Å²) < 4.78 is 0. The molecule has 0 aliphatic heterocycles. The predicted molar refractivity (Wildman–Crippen MR) is 63.0 cm³/mol. The zero-order valence-electron chi connectivity index (χ0n) is 10.2. The van der Waals surface area contributed by atoms with Crippen molar-refractivity contribution in [1.82, 2.24) is 0 Å². The van der Waals surface area contributed by atoms with Crippen LogP contribution in [0.25, 0.3) is 0 Å². The van der Waals surface area contributed by atoms with E-state index in [0.29, 0.717) is 32.1 Å². The Bertz CT molecular complexity index is 291. The standard InChI is InChI=1S/C11H19NO6/c13-10(14)7-3-1-2-5-9(12(17)18)6-4-8-11(15)16/h9H,1-8H2,(H,13,14)(H,15,16). The summed E-state index contributed by atoms with van der Waals surface area (Å²) in [4.78, 5) is 30.9. The fourth-order valence-corrected chi connectivity index (χ4v) is 1.68. The molecule has 0 fully saturated rings. The van der Waals surface area contributed by atoms with Crippen LogP contribution in [0.1, 0.15) is 51.4 Å². The zero-order valence-corrected chi connectivity index (χ0v) is 10.2. The summed E-state index contributed by atoms with van der Waals surface area (Å²) in [5, 5.41) is 27.6. The normalized spacial score (nSPS) is 12.0. The minimum absolute atomic E-state index is 0.0522. The Labute approximate surface area is 105 Å². The molecule has 0 heterocycles. The van der Waals surface area contributed by atoms with Crippen molar-refractivity contribution in [3.05, 3.63) is 10.1 Å². The third-order valence-electron chi connectivity index (χ3n) is 2.65. The molecule has 0 bridgehead atoms. The second-order valence-corrected chi connectivity index (χ2v) is 4.22. The van der Waals surface area contributed by atoms with Crippen molar-refractivity contribution in [3.8, 4) is 0 Å². The molecule has 0 aromatic rings. The number of rotatable bonds is 11. The second kappa shape index (κ2) is 9.38. The molecule has 104 valence electrons. The van der Waals surface area contributed by atoms with Gasteiger partial charge in [0, 0.05) is 30.6 Å². The smallest absolute Gasteiger partial charge is 0.303 e. The van der Waals surface area contributed by atoms with Gasteiger partial charge >= 0.3 is 11.9 Å². The Kier molecular flexibility index (Phi) is 8.51. The van der Waals surface area contributed by atoms with Gasteiger partial charge in [-0.25, -0.2) is 0 Å². The summed E-state index contributed by atoms with van der Waals surface area (Å²) >= 11 is 0. The highest BCUT2D eigenvalue weighted by Crippen LogP contribution is 2.13. The molecule has 0 spiro atoms. The number of unbranched alkanes of at least 4 members (excludes halogenated alkanes) is 2. The maximum Gasteiger partial charge on any atom is 0.303 e. The van der Waals surface area contributed by atoms with E-state index < -0.39 is 18.0 Å². The van der Waals surface area contributed by atoms with Gasteiger partial charge in [0.05, 0.1) is 0 Å². The summed E-state index contributed by atoms with van der Waals surface area (Å²) in [7, 11) is 0. The monoisotopic (exact) mass is 261 g/mol. The molecule has 18 heavy (non-hydrogen) atoms. The van der Waals surface area contributed by atoms with Crippen molar-refractivity contribution in [2.24, 2.45) is 0 Å². The van der Waals surface area contributed by atoms with Crippen molar-refractivity contribution in [1.29, 1.82) is 0 Å². The van der Waals surface area contributed by atoms with Gasteiger partial charge in [0.15, 0.2) is 0 Å². The fourth-order valence-electron chi connectivity index (χ4n) is 1.68. The molecule has 1 unspecified atom stereocenters. The van der Waals surface area contributed by atoms with E-state index in [4.69, 9.17) is 10.2 Å². The minimum atomic E-state index is -0.946. The first-order valence-electron chi connectivity index (χ1n) is 6.00. The van der Waals surface area contributed by atoms with E-state index in [9.17, 15) is 19.7 Å². The van der Waals surface area contributed by atoms with Gasteiger partial charge in [-0.15, -0.1) is 0 Å². The number of carboxylic acids is 2. The van der Waals surface area contributed by atoms with E-state index in [-0.39, 0.29) is 24.2 Å². The van der Waals surface area contributed by atoms with Crippen molar-refractivity contribution < 1.29 is 24.7 Å². The Morgan fingerprint density at radius 2 is 1.44 bits per heavy atom. The number of aliphatic carboxylic acids is 2. The molecule has 0 aliphatic carbocycles. The number of carbonyl (C=O) groups is 2. The van der Waals surface area contributed by atoms with Crippen molar-refractivity contribution in [3.63, 3.8) is 0 Å². The average molecular weight is 261 g/mol. The molecule has 0 aromatic heterocycles. The van der Waals surface area contributed by atoms with E-state index in [1.807, 2.05) is 0 Å². The van der Waals surface area contributed by atoms with E-state index in [2.05, 4.69) is 0 Å². The van der Waals surface area contributed by atoms with Crippen LogP contribution in [0.5, 0.6) is 0 Å². The van der Waals surface area contributed by atoms with Gasteiger partial charge in [0.1, 0.15) is 0 Å². The molecule has 7 heteroatoms. The van der Waals surface area contributed by atoms with Crippen molar-refractivity contribution in [2.75, 3.05) is 0 Å². The number of nitrogens with zero attached hydrogens (tertiary/aromatic N) is 1. The molecule has 1 atom stereocenters. The highest BCUT2D eigenvalue weighted by atomic mass is 16.6. The maximum atomic E-state index is 10.7. The Balaban J connectivity index is 3.73. The fraction of sp³-hybridized carbons (Fsp3) is 0.818. The number of nitro groups is 1. The van der Waals surface area contributed by atoms with Gasteiger partial charge in [-0.05, 0) is 19.3 Å². The zero-order chi connectivity index (χ0) is 14.0. The maximum absolute atomic E-state index is 10.7. The summed E-state index contributed by atoms with van der Waals surface area (Å²) in [5.74, 6) is -1.80. The average Bonchev–Trinajstić information content (AvgIpc) is 2.25. The number of carboxylic acid groups (broad SMARTS) is 2. The van der Waals surface area contributed by atoms with Crippen LogP contribution in [-0.2, 0) is 9.59 Å². The first-order chi connectivity index (χ1) is 8.43. The lowest BCUT2D eigenvalue weighted by Crippen LogP contribution is -2.19. The van der Waals surface area contributed by atoms with Crippen LogP contribution in [0.3, 0.4) is 0 Å². The second-order valence-electron chi connectivity index (χ2n) is 4.22. The van der Waals surface area contributed by atoms with Crippen LogP contribution in [0, 0.1) is 10.1 Å². The predicted octanol–water partition coefficient (Wildman–Crippen LogP) is 1.92. The summed E-state index contributed by atoms with van der Waals surface area (Å²) in [5.41, 5.74) is 0. The van der Waals surface area contributed by atoms with Crippen molar-refractivity contribution in [2.45, 2.75) is 57.4 Å². The van der Waals surface area contributed by atoms with Crippen LogP contribution in [-0.4, -0.2) is 33.1 Å². The van der Waals surface area contributed by atoms with Gasteiger partial charge in [-0.2, -0.15) is 0 Å². The molecule has 0 aromatic carbocycles. The van der Waals surface area contributed by atoms with Crippen LogP contribution in [0.2, 0.25) is 0 Å². The SMILES string of the molecule is O=C(O)CCCCCC(CCCC(=O)O)[N+](=O)[O-]. The van der Waals surface area contributed by atoms with E-state index in [1.165, 1.54) is 0 Å². The summed E-state index contributed by atoms with van der Waals surface area (Å²) in [6.07, 6.45) is 2.75. The molecule has 7 nitrogen and oxygen atoms in total. The topological polar surface area (TPSA) is 118 Å². The molecule has 0 saturated heterocycles. The molecule has 0 saturated carbocycles. The first-order valence-corrected chi connectivity index (χ1v) is 6.00. The highest BCUT2D eigenvalue weighted by Gasteiger charge is 2.19. The van der Waals surface area contributed by atoms with Crippen LogP contribution in [0.4, 0.5) is 0 Å². The molecule has 0 radical (unpaired) electrons.